The van der Waals surface area contributed by atoms with Crippen molar-refractivity contribution in [3.05, 3.63) is 0 Å². The van der Waals surface area contributed by atoms with Gasteiger partial charge in [-0.05, 0) is 25.8 Å². The molecule has 0 fully saturated rings. The molecule has 108 valence electrons. The van der Waals surface area contributed by atoms with E-state index in [9.17, 15) is 13.2 Å². The van der Waals surface area contributed by atoms with Crippen LogP contribution in [-0.4, -0.2) is 45.6 Å². The van der Waals surface area contributed by atoms with Crippen LogP contribution in [0.3, 0.4) is 0 Å². The van der Waals surface area contributed by atoms with E-state index in [-0.39, 0.29) is 17.9 Å². The van der Waals surface area contributed by atoms with Crippen LogP contribution >= 0.6 is 0 Å². The summed E-state index contributed by atoms with van der Waals surface area (Å²) in [6.07, 6.45) is 2.43. The van der Waals surface area contributed by atoms with Crippen molar-refractivity contribution < 1.29 is 17.9 Å². The molecule has 1 unspecified atom stereocenters. The minimum atomic E-state index is -3.13. The minimum Gasteiger partial charge on any atom is -0.469 e. The van der Waals surface area contributed by atoms with Crippen LogP contribution in [0, 0.1) is 0 Å². The van der Waals surface area contributed by atoms with E-state index < -0.39 is 15.8 Å². The van der Waals surface area contributed by atoms with Crippen molar-refractivity contribution in [2.45, 2.75) is 45.6 Å². The fourth-order valence-corrected chi connectivity index (χ4v) is 3.02. The van der Waals surface area contributed by atoms with Crippen molar-refractivity contribution in [2.75, 3.05) is 25.2 Å². The number of hydrogen-bond donors (Lipinski definition) is 1. The zero-order valence-corrected chi connectivity index (χ0v) is 12.4. The Morgan fingerprint density at radius 3 is 2.44 bits per heavy atom. The highest BCUT2D eigenvalue weighted by Crippen LogP contribution is 2.05. The van der Waals surface area contributed by atoms with Crippen molar-refractivity contribution in [1.29, 1.82) is 0 Å². The Hall–Kier alpha value is -0.620. The first-order chi connectivity index (χ1) is 8.45. The molecule has 0 aliphatic heterocycles. The minimum absolute atomic E-state index is 0.0523. The van der Waals surface area contributed by atoms with Crippen LogP contribution in [0.15, 0.2) is 0 Å². The second-order valence-electron chi connectivity index (χ2n) is 4.28. The van der Waals surface area contributed by atoms with Crippen molar-refractivity contribution in [1.82, 2.24) is 5.32 Å². The van der Waals surface area contributed by atoms with E-state index >= 15 is 0 Å². The summed E-state index contributed by atoms with van der Waals surface area (Å²) in [5.74, 6) is -0.443. The van der Waals surface area contributed by atoms with E-state index in [0.717, 1.165) is 19.4 Å². The highest BCUT2D eigenvalue weighted by Gasteiger charge is 2.14. The third-order valence-corrected chi connectivity index (χ3v) is 4.58. The summed E-state index contributed by atoms with van der Waals surface area (Å²) in [6.45, 7) is 5.02. The molecule has 6 heteroatoms. The van der Waals surface area contributed by atoms with Gasteiger partial charge in [0.2, 0.25) is 0 Å². The van der Waals surface area contributed by atoms with Gasteiger partial charge in [-0.2, -0.15) is 0 Å². The lowest BCUT2D eigenvalue weighted by molar-refractivity contribution is -0.140. The summed E-state index contributed by atoms with van der Waals surface area (Å²) < 4.78 is 27.7. The maximum Gasteiger partial charge on any atom is 0.306 e. The molecular formula is C12H25NO4S. The second kappa shape index (κ2) is 9.33. The first-order valence-electron chi connectivity index (χ1n) is 6.45. The number of carbonyl (C=O) groups excluding carboxylic acids is 1. The third kappa shape index (κ3) is 8.47. The van der Waals surface area contributed by atoms with Crippen LogP contribution in [0.1, 0.15) is 39.5 Å². The van der Waals surface area contributed by atoms with E-state index in [4.69, 9.17) is 0 Å². The van der Waals surface area contributed by atoms with Gasteiger partial charge in [0.1, 0.15) is 0 Å². The third-order valence-electron chi connectivity index (χ3n) is 2.84. The molecule has 0 aromatic rings. The Balaban J connectivity index is 3.92. The van der Waals surface area contributed by atoms with E-state index in [1.165, 1.54) is 7.11 Å². The van der Waals surface area contributed by atoms with Crippen LogP contribution < -0.4 is 5.32 Å². The van der Waals surface area contributed by atoms with Crippen LogP contribution in [0.2, 0.25) is 0 Å². The second-order valence-corrected chi connectivity index (χ2v) is 6.59. The predicted molar refractivity (Wildman–Crippen MR) is 72.3 cm³/mol. The Morgan fingerprint density at radius 1 is 1.28 bits per heavy atom. The molecule has 5 nitrogen and oxygen atoms in total. The molecule has 0 bridgehead atoms. The van der Waals surface area contributed by atoms with Gasteiger partial charge in [-0.1, -0.05) is 13.8 Å². The highest BCUT2D eigenvalue weighted by molar-refractivity contribution is 7.91. The maximum absolute atomic E-state index is 11.7. The molecule has 0 heterocycles. The zero-order valence-electron chi connectivity index (χ0n) is 11.6. The molecule has 0 aromatic carbocycles. The topological polar surface area (TPSA) is 72.5 Å². The number of hydrogen-bond acceptors (Lipinski definition) is 5. The zero-order chi connectivity index (χ0) is 14.0. The summed E-state index contributed by atoms with van der Waals surface area (Å²) in [5, 5.41) is 3.31. The number of carbonyl (C=O) groups is 1. The summed E-state index contributed by atoms with van der Waals surface area (Å²) in [7, 11) is -1.87. The van der Waals surface area contributed by atoms with Crippen LogP contribution in [0.5, 0.6) is 0 Å². The highest BCUT2D eigenvalue weighted by atomic mass is 32.2. The van der Waals surface area contributed by atoms with Crippen LogP contribution in [-0.2, 0) is 19.4 Å². The molecule has 0 spiro atoms. The lowest BCUT2D eigenvalue weighted by Gasteiger charge is -2.15. The smallest absolute Gasteiger partial charge is 0.306 e. The first-order valence-corrected chi connectivity index (χ1v) is 8.28. The number of esters is 1. The predicted octanol–water partition coefficient (Wildman–Crippen LogP) is 1.13. The van der Waals surface area contributed by atoms with Gasteiger partial charge < -0.3 is 10.1 Å². The Kier molecular flexibility index (Phi) is 9.01. The van der Waals surface area contributed by atoms with Gasteiger partial charge in [0.25, 0.3) is 0 Å². The summed E-state index contributed by atoms with van der Waals surface area (Å²) in [4.78, 5) is 10.9. The Labute approximate surface area is 110 Å². The number of sulfone groups is 1. The van der Waals surface area contributed by atoms with Crippen molar-refractivity contribution in [3.63, 3.8) is 0 Å². The molecule has 0 rings (SSSR count). The molecule has 0 saturated heterocycles. The number of ether oxygens (including phenoxy) is 1. The van der Waals surface area contributed by atoms with Gasteiger partial charge in [0.05, 0.1) is 25.0 Å². The molecule has 0 aliphatic rings. The first kappa shape index (κ1) is 17.4. The average Bonchev–Trinajstić information content (AvgIpc) is 2.34. The standard InChI is InChI=1S/C12H25NO4S/c1-4-11(13-5-2)7-6-9-18(15,16)10-8-12(14)17-3/h11,13H,4-10H2,1-3H3. The van der Waals surface area contributed by atoms with Crippen molar-refractivity contribution >= 4 is 15.8 Å². The van der Waals surface area contributed by atoms with E-state index in [1.54, 1.807) is 0 Å². The Bertz CT molecular complexity index is 327. The van der Waals surface area contributed by atoms with Crippen LogP contribution in [0.4, 0.5) is 0 Å². The number of nitrogens with one attached hydrogen (secondary N) is 1. The monoisotopic (exact) mass is 279 g/mol. The quantitative estimate of drug-likeness (QED) is 0.607. The summed E-state index contributed by atoms with van der Waals surface area (Å²) in [6, 6.07) is 0.380. The van der Waals surface area contributed by atoms with E-state index in [2.05, 4.69) is 17.0 Å². The van der Waals surface area contributed by atoms with Crippen LogP contribution in [0.25, 0.3) is 0 Å². The van der Waals surface area contributed by atoms with Gasteiger partial charge in [0.15, 0.2) is 9.84 Å². The van der Waals surface area contributed by atoms with Crippen molar-refractivity contribution in [3.8, 4) is 0 Å². The van der Waals surface area contributed by atoms with Gasteiger partial charge in [0, 0.05) is 6.04 Å². The lowest BCUT2D eigenvalue weighted by atomic mass is 10.1. The maximum atomic E-state index is 11.7. The van der Waals surface area contributed by atoms with E-state index in [0.29, 0.717) is 12.5 Å². The SMILES string of the molecule is CCNC(CC)CCCS(=O)(=O)CCC(=O)OC. The summed E-state index contributed by atoms with van der Waals surface area (Å²) in [5.41, 5.74) is 0. The Morgan fingerprint density at radius 2 is 1.94 bits per heavy atom. The molecule has 0 aromatic heterocycles. The van der Waals surface area contributed by atoms with Gasteiger partial charge in [-0.25, -0.2) is 8.42 Å². The molecule has 1 atom stereocenters. The average molecular weight is 279 g/mol. The summed E-state index contributed by atoms with van der Waals surface area (Å²) >= 11 is 0. The molecule has 0 aliphatic carbocycles. The molecule has 1 N–H and O–H groups in total. The van der Waals surface area contributed by atoms with Gasteiger partial charge in [-0.15, -0.1) is 0 Å². The normalized spacial score (nSPS) is 13.3. The molecule has 18 heavy (non-hydrogen) atoms. The molecule has 0 saturated carbocycles. The molecule has 0 radical (unpaired) electrons. The van der Waals surface area contributed by atoms with E-state index in [1.807, 2.05) is 6.92 Å². The fourth-order valence-electron chi connectivity index (χ4n) is 1.73. The molecule has 0 amide bonds. The lowest BCUT2D eigenvalue weighted by Crippen LogP contribution is -2.28. The molecular weight excluding hydrogens is 254 g/mol. The van der Waals surface area contributed by atoms with Gasteiger partial charge in [-0.3, -0.25) is 4.79 Å². The van der Waals surface area contributed by atoms with Crippen molar-refractivity contribution in [2.24, 2.45) is 0 Å². The van der Waals surface area contributed by atoms with Gasteiger partial charge >= 0.3 is 5.97 Å². The fraction of sp³-hybridized carbons (Fsp3) is 0.917. The number of rotatable bonds is 10. The number of methoxy groups -OCH3 is 1. The largest absolute Gasteiger partial charge is 0.469 e.